The number of hydrogen-bond donors (Lipinski definition) is 3. The van der Waals surface area contributed by atoms with Gasteiger partial charge < -0.3 is 25.0 Å². The van der Waals surface area contributed by atoms with Gasteiger partial charge in [0.05, 0.1) is 23.7 Å². The van der Waals surface area contributed by atoms with Gasteiger partial charge in [0, 0.05) is 35.4 Å². The van der Waals surface area contributed by atoms with Crippen LogP contribution in [0.4, 0.5) is 0 Å². The van der Waals surface area contributed by atoms with Crippen molar-refractivity contribution in [3.05, 3.63) is 46.0 Å². The van der Waals surface area contributed by atoms with Crippen LogP contribution in [-0.2, 0) is 40.0 Å². The molecular formula is C50H70ClNO9. The number of Topliss-reactive ketones (excluding diaryl/α,β-unsaturated/α-hetero) is 1. The van der Waals surface area contributed by atoms with E-state index in [1.807, 2.05) is 24.3 Å². The number of hydrogen-bond acceptors (Lipinski definition) is 8. The lowest BCUT2D eigenvalue weighted by Gasteiger charge is -2.71. The van der Waals surface area contributed by atoms with Gasteiger partial charge in [-0.2, -0.15) is 0 Å². The van der Waals surface area contributed by atoms with Crippen LogP contribution in [0.25, 0.3) is 0 Å². The van der Waals surface area contributed by atoms with Gasteiger partial charge in [-0.15, -0.1) is 0 Å². The van der Waals surface area contributed by atoms with Crippen molar-refractivity contribution < 1.29 is 43.7 Å². The number of ether oxygens (including phenoxy) is 2. The Hall–Kier alpha value is -3.24. The number of allylic oxidation sites excluding steroid dienone is 1. The Morgan fingerprint density at radius 1 is 0.803 bits per heavy atom. The number of benzene rings is 1. The van der Waals surface area contributed by atoms with E-state index in [0.29, 0.717) is 30.5 Å². The van der Waals surface area contributed by atoms with Crippen LogP contribution in [0.5, 0.6) is 0 Å². The van der Waals surface area contributed by atoms with Crippen LogP contribution >= 0.6 is 11.6 Å². The zero-order chi connectivity index (χ0) is 44.9. The Labute approximate surface area is 367 Å². The first-order valence-corrected chi connectivity index (χ1v) is 23.2. The molecule has 0 radical (unpaired) electrons. The van der Waals surface area contributed by atoms with E-state index in [-0.39, 0.29) is 70.1 Å². The first-order valence-electron chi connectivity index (χ1n) is 22.8. The summed E-state index contributed by atoms with van der Waals surface area (Å²) >= 11 is 6.18. The highest BCUT2D eigenvalue weighted by Crippen LogP contribution is 2.87. The van der Waals surface area contributed by atoms with Crippen LogP contribution in [0, 0.1) is 61.1 Å². The molecule has 10 nitrogen and oxygen atoms in total. The van der Waals surface area contributed by atoms with Crippen molar-refractivity contribution in [3.8, 4) is 0 Å². The van der Waals surface area contributed by atoms with E-state index in [9.17, 15) is 34.2 Å². The van der Waals surface area contributed by atoms with Crippen molar-refractivity contribution in [2.45, 2.75) is 165 Å². The summed E-state index contributed by atoms with van der Waals surface area (Å²) in [6, 6.07) is 7.60. The van der Waals surface area contributed by atoms with Gasteiger partial charge in [0.15, 0.2) is 5.78 Å². The Balaban J connectivity index is 1.20. The molecule has 5 fully saturated rings. The van der Waals surface area contributed by atoms with Gasteiger partial charge >= 0.3 is 23.9 Å². The fourth-order valence-electron chi connectivity index (χ4n) is 14.6. The molecule has 6 aliphatic carbocycles. The lowest BCUT2D eigenvalue weighted by molar-refractivity contribution is -0.221. The highest BCUT2D eigenvalue weighted by atomic mass is 35.5. The van der Waals surface area contributed by atoms with E-state index in [4.69, 9.17) is 21.1 Å². The second-order valence-corrected chi connectivity index (χ2v) is 23.3. The molecule has 7 rings (SSSR count). The fourth-order valence-corrected chi connectivity index (χ4v) is 14.8. The summed E-state index contributed by atoms with van der Waals surface area (Å²) in [4.78, 5) is 65.6. The molecule has 5 saturated carbocycles. The van der Waals surface area contributed by atoms with Gasteiger partial charge in [-0.25, -0.2) is 0 Å². The van der Waals surface area contributed by atoms with E-state index < -0.39 is 46.2 Å². The average molecular weight is 865 g/mol. The summed E-state index contributed by atoms with van der Waals surface area (Å²) in [5, 5.41) is 23.8. The summed E-state index contributed by atoms with van der Waals surface area (Å²) in [5.74, 6) is -2.43. The van der Waals surface area contributed by atoms with Crippen LogP contribution in [0.3, 0.4) is 0 Å². The highest BCUT2D eigenvalue weighted by molar-refractivity contribution is 6.30. The van der Waals surface area contributed by atoms with E-state index >= 15 is 0 Å². The first kappa shape index (κ1) is 45.8. The van der Waals surface area contributed by atoms with Gasteiger partial charge in [-0.1, -0.05) is 65.3 Å². The Kier molecular flexibility index (Phi) is 11.4. The minimum Gasteiger partial charge on any atom is -0.481 e. The Morgan fingerprint density at radius 2 is 1.41 bits per heavy atom. The number of rotatable bonds is 14. The maximum absolute atomic E-state index is 14.5. The van der Waals surface area contributed by atoms with Crippen molar-refractivity contribution in [3.63, 3.8) is 0 Å². The molecule has 10 atom stereocenters. The minimum atomic E-state index is -1.31. The summed E-state index contributed by atoms with van der Waals surface area (Å²) in [7, 11) is 0. The molecule has 1 aromatic carbocycles. The van der Waals surface area contributed by atoms with Crippen LogP contribution in [0.1, 0.15) is 152 Å². The summed E-state index contributed by atoms with van der Waals surface area (Å²) in [6.07, 6.45) is 7.16. The number of nitrogens with one attached hydrogen (secondary N) is 1. The Morgan fingerprint density at radius 3 is 2.02 bits per heavy atom. The van der Waals surface area contributed by atoms with Crippen LogP contribution in [0.15, 0.2) is 35.4 Å². The molecule has 336 valence electrons. The number of aliphatic carboxylic acids is 2. The Bertz CT molecular complexity index is 2020. The number of carbonyl (C=O) groups excluding carboxylic acids is 3. The third-order valence-corrected chi connectivity index (χ3v) is 18.7. The number of esters is 2. The fraction of sp³-hybridized carbons (Fsp3) is 0.740. The van der Waals surface area contributed by atoms with Crippen molar-refractivity contribution >= 4 is 41.3 Å². The SMILES string of the molecule is CC(C)C1=C2[C@H]3CC[C@@H]4[C@@]5(C)CC[C@H](OC(=O)CC(C)(C)C(=O)O)C6(C)C[C@]65CC[C@@]4(C)[C@]3(C)CC[C@@]2([C@@H](CNCc2ccc(Cl)cc2)OC(=O)CC(C)(C)C(=O)O)CC1=O. The zero-order valence-corrected chi connectivity index (χ0v) is 39.0. The van der Waals surface area contributed by atoms with E-state index in [1.165, 1.54) is 19.4 Å². The average Bonchev–Trinajstić information content (AvgIpc) is 3.68. The first-order chi connectivity index (χ1) is 28.2. The maximum Gasteiger partial charge on any atom is 0.309 e. The molecule has 61 heavy (non-hydrogen) atoms. The zero-order valence-electron chi connectivity index (χ0n) is 38.2. The topological polar surface area (TPSA) is 156 Å². The number of carboxylic acids is 2. The normalized spacial score (nSPS) is 37.1. The van der Waals surface area contributed by atoms with Gasteiger partial charge in [0.2, 0.25) is 0 Å². The van der Waals surface area contributed by atoms with E-state index in [2.05, 4.69) is 46.9 Å². The summed E-state index contributed by atoms with van der Waals surface area (Å²) in [5.41, 5.74) is -0.434. The molecule has 6 aliphatic rings. The molecule has 11 heteroatoms. The third-order valence-electron chi connectivity index (χ3n) is 18.5. The van der Waals surface area contributed by atoms with E-state index in [0.717, 1.165) is 62.5 Å². The maximum atomic E-state index is 14.5. The molecule has 0 saturated heterocycles. The smallest absolute Gasteiger partial charge is 0.309 e. The molecule has 0 aromatic heterocycles. The second kappa shape index (κ2) is 15.2. The molecular weight excluding hydrogens is 794 g/mol. The quantitative estimate of drug-likeness (QED) is 0.154. The molecule has 0 amide bonds. The lowest BCUT2D eigenvalue weighted by Crippen LogP contribution is -2.65. The number of carbonyl (C=O) groups is 5. The van der Waals surface area contributed by atoms with Crippen molar-refractivity contribution in [2.24, 2.45) is 61.1 Å². The van der Waals surface area contributed by atoms with Crippen LogP contribution < -0.4 is 5.32 Å². The standard InChI is InChI=1S/C50H70ClNO9/c1-29(2)39-33(53)23-49(36(61-38(55)25-44(5,6)42(58)59)27-52-26-30-11-13-31(51)14-12-30)21-19-45(7)32(40(39)49)15-16-34-46(45,8)20-22-50-28-48(50,10)35(17-18-47(34,50)9)60-37(54)24-43(3,4)41(56)57/h11-14,29,32,34-36,52H,15-28H2,1-10H3,(H,56,57)(H,58,59)/t32-,34+,35+,36-,45-,46-,47-,48?,49+,50+/m1/s1. The lowest BCUT2D eigenvalue weighted by atomic mass is 9.33. The number of fused-ring (bicyclic) bond motifs is 6. The van der Waals surface area contributed by atoms with Gasteiger partial charge in [0.1, 0.15) is 12.2 Å². The van der Waals surface area contributed by atoms with Crippen molar-refractivity contribution in [2.75, 3.05) is 6.54 Å². The number of halogens is 1. The second-order valence-electron chi connectivity index (χ2n) is 22.8. The van der Waals surface area contributed by atoms with Crippen molar-refractivity contribution in [1.29, 1.82) is 0 Å². The van der Waals surface area contributed by atoms with Gasteiger partial charge in [-0.05, 0) is 154 Å². The number of carboxylic acid groups (broad SMARTS) is 2. The summed E-state index contributed by atoms with van der Waals surface area (Å²) in [6.45, 7) is 21.1. The molecule has 0 heterocycles. The van der Waals surface area contributed by atoms with Crippen LogP contribution in [-0.4, -0.2) is 58.6 Å². The highest BCUT2D eigenvalue weighted by Gasteiger charge is 2.82. The van der Waals surface area contributed by atoms with Gasteiger partial charge in [0.25, 0.3) is 0 Å². The largest absolute Gasteiger partial charge is 0.481 e. The van der Waals surface area contributed by atoms with E-state index in [1.54, 1.807) is 13.8 Å². The number of ketones is 1. The van der Waals surface area contributed by atoms with Gasteiger partial charge in [-0.3, -0.25) is 24.0 Å². The predicted octanol–water partition coefficient (Wildman–Crippen LogP) is 9.99. The molecule has 0 aliphatic heterocycles. The molecule has 0 bridgehead atoms. The predicted molar refractivity (Wildman–Crippen MR) is 232 cm³/mol. The minimum absolute atomic E-state index is 0.0139. The van der Waals surface area contributed by atoms with Crippen LogP contribution in [0.2, 0.25) is 5.02 Å². The molecule has 1 aromatic rings. The molecule has 1 unspecified atom stereocenters. The third kappa shape index (κ3) is 7.02. The monoisotopic (exact) mass is 863 g/mol. The molecule has 3 N–H and O–H groups in total. The molecule has 1 spiro atoms. The van der Waals surface area contributed by atoms with Crippen molar-refractivity contribution in [1.82, 2.24) is 5.32 Å². The summed E-state index contributed by atoms with van der Waals surface area (Å²) < 4.78 is 12.7.